The molecule has 0 fully saturated rings. The van der Waals surface area contributed by atoms with Crippen LogP contribution in [0.5, 0.6) is 0 Å². The number of rotatable bonds is 5. The van der Waals surface area contributed by atoms with Crippen LogP contribution in [0.4, 0.5) is 5.13 Å². The lowest BCUT2D eigenvalue weighted by atomic mass is 10.1. The molecule has 0 aliphatic rings. The minimum atomic E-state index is -3.70. The first-order valence-electron chi connectivity index (χ1n) is 5.82. The van der Waals surface area contributed by atoms with Crippen LogP contribution in [0.1, 0.15) is 11.1 Å². The number of aliphatic carboxylic acids is 1. The Hall–Kier alpha value is -2.19. The molecule has 0 spiro atoms. The van der Waals surface area contributed by atoms with E-state index in [1.54, 1.807) is 18.4 Å². The molecule has 2 N–H and O–H groups in total. The standard InChI is InChI=1S/C13H12N2O4S2/c1-9-8-11(4-2-10(9)3-5-12(16)17)21(18,19)15-13-14-6-7-20-13/h2-8H,1H3,(H,14,15)(H,16,17). The maximum absolute atomic E-state index is 12.2. The molecular weight excluding hydrogens is 312 g/mol. The van der Waals surface area contributed by atoms with E-state index in [2.05, 4.69) is 9.71 Å². The molecule has 1 aromatic heterocycles. The summed E-state index contributed by atoms with van der Waals surface area (Å²) in [5.74, 6) is -1.06. The van der Waals surface area contributed by atoms with Crippen LogP contribution in [0.3, 0.4) is 0 Å². The van der Waals surface area contributed by atoms with E-state index in [4.69, 9.17) is 5.11 Å². The van der Waals surface area contributed by atoms with Gasteiger partial charge in [-0.05, 0) is 36.3 Å². The molecule has 0 aliphatic heterocycles. The lowest BCUT2D eigenvalue weighted by Crippen LogP contribution is -2.13. The molecule has 8 heteroatoms. The Kier molecular flexibility index (Phi) is 4.39. The Morgan fingerprint density at radius 3 is 2.76 bits per heavy atom. The van der Waals surface area contributed by atoms with E-state index in [0.29, 0.717) is 16.3 Å². The van der Waals surface area contributed by atoms with E-state index in [1.165, 1.54) is 35.7 Å². The molecule has 21 heavy (non-hydrogen) atoms. The molecule has 110 valence electrons. The summed E-state index contributed by atoms with van der Waals surface area (Å²) in [5, 5.41) is 10.6. The maximum atomic E-state index is 12.2. The number of carboxylic acids is 1. The van der Waals surface area contributed by atoms with Crippen molar-refractivity contribution in [1.82, 2.24) is 4.98 Å². The molecule has 0 atom stereocenters. The number of aromatic nitrogens is 1. The van der Waals surface area contributed by atoms with Crippen LogP contribution >= 0.6 is 11.3 Å². The molecule has 0 saturated heterocycles. The van der Waals surface area contributed by atoms with Crippen molar-refractivity contribution >= 4 is 38.5 Å². The average molecular weight is 324 g/mol. The Morgan fingerprint density at radius 2 is 2.19 bits per heavy atom. The van der Waals surface area contributed by atoms with Gasteiger partial charge in [0.1, 0.15) is 0 Å². The number of hydrogen-bond donors (Lipinski definition) is 2. The Labute approximate surface area is 125 Å². The van der Waals surface area contributed by atoms with Gasteiger partial charge < -0.3 is 5.11 Å². The second-order valence-corrected chi connectivity index (χ2v) is 6.71. The summed E-state index contributed by atoms with van der Waals surface area (Å²) < 4.78 is 26.7. The van der Waals surface area contributed by atoms with Crippen molar-refractivity contribution in [1.29, 1.82) is 0 Å². The van der Waals surface area contributed by atoms with Crippen LogP contribution < -0.4 is 4.72 Å². The number of carbonyl (C=O) groups is 1. The number of nitrogens with one attached hydrogen (secondary N) is 1. The molecule has 0 radical (unpaired) electrons. The van der Waals surface area contributed by atoms with Crippen molar-refractivity contribution < 1.29 is 18.3 Å². The van der Waals surface area contributed by atoms with Gasteiger partial charge in [0.25, 0.3) is 10.0 Å². The molecule has 0 aliphatic carbocycles. The van der Waals surface area contributed by atoms with E-state index in [9.17, 15) is 13.2 Å². The monoisotopic (exact) mass is 324 g/mol. The first-order chi connectivity index (χ1) is 9.88. The Balaban J connectivity index is 2.29. The van der Waals surface area contributed by atoms with Crippen LogP contribution in [0.25, 0.3) is 6.08 Å². The number of nitrogens with zero attached hydrogens (tertiary/aromatic N) is 1. The van der Waals surface area contributed by atoms with Gasteiger partial charge in [-0.25, -0.2) is 18.2 Å². The summed E-state index contributed by atoms with van der Waals surface area (Å²) >= 11 is 1.19. The molecule has 0 amide bonds. The third-order valence-electron chi connectivity index (χ3n) is 2.61. The highest BCUT2D eigenvalue weighted by Gasteiger charge is 2.16. The fraction of sp³-hybridized carbons (Fsp3) is 0.0769. The molecule has 1 aromatic carbocycles. The first-order valence-corrected chi connectivity index (χ1v) is 8.19. The molecule has 6 nitrogen and oxygen atoms in total. The van der Waals surface area contributed by atoms with Crippen molar-refractivity contribution in [2.75, 3.05) is 4.72 Å². The van der Waals surface area contributed by atoms with Crippen LogP contribution in [-0.4, -0.2) is 24.5 Å². The average Bonchev–Trinajstić information content (AvgIpc) is 2.89. The Bertz CT molecular complexity index is 781. The van der Waals surface area contributed by atoms with Crippen LogP contribution in [0, 0.1) is 6.92 Å². The van der Waals surface area contributed by atoms with E-state index in [-0.39, 0.29) is 4.90 Å². The predicted octanol–water partition coefficient (Wildman–Crippen LogP) is 2.35. The number of hydrogen-bond acceptors (Lipinski definition) is 5. The first kappa shape index (κ1) is 15.2. The highest BCUT2D eigenvalue weighted by molar-refractivity contribution is 7.93. The van der Waals surface area contributed by atoms with Crippen molar-refractivity contribution in [3.63, 3.8) is 0 Å². The van der Waals surface area contributed by atoms with Crippen LogP contribution in [-0.2, 0) is 14.8 Å². The van der Waals surface area contributed by atoms with E-state index < -0.39 is 16.0 Å². The number of carboxylic acid groups (broad SMARTS) is 1. The molecule has 0 unspecified atom stereocenters. The Morgan fingerprint density at radius 1 is 1.43 bits per heavy atom. The third kappa shape index (κ3) is 3.89. The van der Waals surface area contributed by atoms with E-state index in [1.807, 2.05) is 0 Å². The molecule has 1 heterocycles. The minimum absolute atomic E-state index is 0.0997. The van der Waals surface area contributed by atoms with Crippen molar-refractivity contribution in [3.8, 4) is 0 Å². The predicted molar refractivity (Wildman–Crippen MR) is 80.8 cm³/mol. The normalized spacial score (nSPS) is 11.7. The topological polar surface area (TPSA) is 96.4 Å². The van der Waals surface area contributed by atoms with E-state index in [0.717, 1.165) is 6.08 Å². The quantitative estimate of drug-likeness (QED) is 0.823. The molecular formula is C13H12N2O4S2. The minimum Gasteiger partial charge on any atom is -0.478 e. The van der Waals surface area contributed by atoms with Gasteiger partial charge in [0, 0.05) is 17.7 Å². The second kappa shape index (κ2) is 6.06. The van der Waals surface area contributed by atoms with Gasteiger partial charge in [0.15, 0.2) is 5.13 Å². The van der Waals surface area contributed by atoms with Gasteiger partial charge in [0.05, 0.1) is 4.90 Å². The van der Waals surface area contributed by atoms with E-state index >= 15 is 0 Å². The zero-order chi connectivity index (χ0) is 15.5. The molecule has 2 rings (SSSR count). The zero-order valence-corrected chi connectivity index (χ0v) is 12.6. The number of thiazole rings is 1. The summed E-state index contributed by atoms with van der Waals surface area (Å²) in [7, 11) is -3.70. The zero-order valence-electron chi connectivity index (χ0n) is 11.0. The van der Waals surface area contributed by atoms with Crippen molar-refractivity contribution in [3.05, 3.63) is 47.0 Å². The summed E-state index contributed by atoms with van der Waals surface area (Å²) in [5.41, 5.74) is 1.31. The third-order valence-corrected chi connectivity index (χ3v) is 4.77. The molecule has 0 saturated carbocycles. The van der Waals surface area contributed by atoms with Gasteiger partial charge in [-0.1, -0.05) is 6.07 Å². The summed E-state index contributed by atoms with van der Waals surface area (Å²) in [4.78, 5) is 14.5. The van der Waals surface area contributed by atoms with Crippen LogP contribution in [0.15, 0.2) is 40.7 Å². The smallest absolute Gasteiger partial charge is 0.328 e. The van der Waals surface area contributed by atoms with Gasteiger partial charge in [-0.2, -0.15) is 0 Å². The SMILES string of the molecule is Cc1cc(S(=O)(=O)Nc2nccs2)ccc1C=CC(=O)O. The van der Waals surface area contributed by atoms with Crippen molar-refractivity contribution in [2.45, 2.75) is 11.8 Å². The summed E-state index contributed by atoms with van der Waals surface area (Å²) in [6.45, 7) is 1.71. The molecule has 0 bridgehead atoms. The van der Waals surface area contributed by atoms with Gasteiger partial charge >= 0.3 is 5.97 Å². The lowest BCUT2D eigenvalue weighted by Gasteiger charge is -2.07. The fourth-order valence-electron chi connectivity index (χ4n) is 1.61. The highest BCUT2D eigenvalue weighted by atomic mass is 32.2. The lowest BCUT2D eigenvalue weighted by molar-refractivity contribution is -0.131. The number of aryl methyl sites for hydroxylation is 1. The number of benzene rings is 1. The second-order valence-electron chi connectivity index (χ2n) is 4.13. The molecule has 2 aromatic rings. The van der Waals surface area contributed by atoms with Gasteiger partial charge in [0.2, 0.25) is 0 Å². The summed E-state index contributed by atoms with van der Waals surface area (Å²) in [6.07, 6.45) is 3.93. The van der Waals surface area contributed by atoms with Gasteiger partial charge in [-0.15, -0.1) is 11.3 Å². The van der Waals surface area contributed by atoms with Crippen LogP contribution in [0.2, 0.25) is 0 Å². The number of anilines is 1. The number of sulfonamides is 1. The highest BCUT2D eigenvalue weighted by Crippen LogP contribution is 2.20. The maximum Gasteiger partial charge on any atom is 0.328 e. The fourth-order valence-corrected chi connectivity index (χ4v) is 3.48. The van der Waals surface area contributed by atoms with Gasteiger partial charge in [-0.3, -0.25) is 4.72 Å². The van der Waals surface area contributed by atoms with Crippen molar-refractivity contribution in [2.24, 2.45) is 0 Å². The summed E-state index contributed by atoms with van der Waals surface area (Å²) in [6, 6.07) is 4.47. The largest absolute Gasteiger partial charge is 0.478 e.